The van der Waals surface area contributed by atoms with E-state index < -0.39 is 0 Å². The van der Waals surface area contributed by atoms with Crippen LogP contribution in [0.5, 0.6) is 0 Å². The lowest BCUT2D eigenvalue weighted by atomic mass is 9.61. The summed E-state index contributed by atoms with van der Waals surface area (Å²) in [5, 5.41) is 6.27. The third-order valence-electron chi connectivity index (χ3n) is 11.3. The number of rotatable bonds is 5. The summed E-state index contributed by atoms with van der Waals surface area (Å²) in [5.41, 5.74) is 11.4. The second-order valence-corrected chi connectivity index (χ2v) is 14.4. The Hall–Kier alpha value is -6.72. The molecule has 11 rings (SSSR count). The van der Waals surface area contributed by atoms with E-state index in [1.54, 1.807) is 0 Å². The topological polar surface area (TPSA) is 34.5 Å². The Bertz CT molecular complexity index is 3290. The molecular formula is C48H25B5N2O2. The summed E-state index contributed by atoms with van der Waals surface area (Å²) in [6.45, 7) is 0. The first-order valence-corrected chi connectivity index (χ1v) is 18.6. The zero-order valence-corrected chi connectivity index (χ0v) is 30.5. The maximum absolute atomic E-state index is 6.65. The van der Waals surface area contributed by atoms with Gasteiger partial charge in [0, 0.05) is 43.7 Å². The van der Waals surface area contributed by atoms with Crippen LogP contribution < -0.4 is 32.2 Å². The van der Waals surface area contributed by atoms with Crippen LogP contribution >= 0.6 is 0 Å². The van der Waals surface area contributed by atoms with Gasteiger partial charge in [-0.05, 0) is 59.7 Å². The zero-order valence-electron chi connectivity index (χ0n) is 30.5. The maximum Gasteiger partial charge on any atom is 0.159 e. The lowest BCUT2D eigenvalue weighted by molar-refractivity contribution is 0.666. The van der Waals surface area contributed by atoms with E-state index in [1.165, 1.54) is 0 Å². The van der Waals surface area contributed by atoms with Crippen molar-refractivity contribution in [2.45, 2.75) is 0 Å². The molecular weight excluding hydrogens is 691 g/mol. The van der Waals surface area contributed by atoms with Crippen LogP contribution in [0, 0.1) is 0 Å². The van der Waals surface area contributed by atoms with Gasteiger partial charge in [-0.3, -0.25) is 0 Å². The number of para-hydroxylation sites is 5. The van der Waals surface area contributed by atoms with Gasteiger partial charge in [0.25, 0.3) is 0 Å². The van der Waals surface area contributed by atoms with Gasteiger partial charge in [0.15, 0.2) is 11.2 Å². The average Bonchev–Trinajstić information content (AvgIpc) is 3.93. The number of furan rings is 2. The zero-order chi connectivity index (χ0) is 38.5. The fourth-order valence-corrected chi connectivity index (χ4v) is 8.50. The van der Waals surface area contributed by atoms with E-state index in [1.807, 2.05) is 59.2 Å². The Kier molecular flexibility index (Phi) is 7.46. The average molecular weight is 716 g/mol. The number of benzene rings is 8. The van der Waals surface area contributed by atoms with Gasteiger partial charge in [0.2, 0.25) is 0 Å². The van der Waals surface area contributed by atoms with E-state index >= 15 is 0 Å². The summed E-state index contributed by atoms with van der Waals surface area (Å²) in [5.74, 6) is 0. The minimum Gasteiger partial charge on any atom is -0.454 e. The molecule has 0 bridgehead atoms. The molecule has 0 atom stereocenters. The summed E-state index contributed by atoms with van der Waals surface area (Å²) in [4.78, 5) is 2.22. The summed E-state index contributed by atoms with van der Waals surface area (Å²) < 4.78 is 15.2. The molecule has 0 N–H and O–H groups in total. The van der Waals surface area contributed by atoms with Crippen LogP contribution in [0.25, 0.3) is 82.5 Å². The number of nitrogens with zero attached hydrogens (tertiary/aromatic N) is 2. The van der Waals surface area contributed by atoms with Crippen molar-refractivity contribution in [3.8, 4) is 16.8 Å². The van der Waals surface area contributed by atoms with Crippen molar-refractivity contribution in [3.05, 3.63) is 152 Å². The summed E-state index contributed by atoms with van der Waals surface area (Å²) in [6.07, 6.45) is 0. The lowest BCUT2D eigenvalue weighted by Gasteiger charge is -2.26. The first-order chi connectivity index (χ1) is 27.9. The Morgan fingerprint density at radius 3 is 1.46 bits per heavy atom. The van der Waals surface area contributed by atoms with Crippen molar-refractivity contribution in [3.63, 3.8) is 0 Å². The van der Waals surface area contributed by atoms with Crippen molar-refractivity contribution < 1.29 is 8.83 Å². The van der Waals surface area contributed by atoms with Gasteiger partial charge in [-0.25, -0.2) is 0 Å². The largest absolute Gasteiger partial charge is 0.454 e. The SMILES string of the molecule is [B]c1c([B])c([B])c(-n2c3ccccc3c3ccc(-c4ccc(N(c5cccc6c5oc5ccccc56)c5cccc6c5oc5ccccc56)cc4)cc32)c([B])c1[B]. The molecule has 0 amide bonds. The molecule has 3 aromatic heterocycles. The van der Waals surface area contributed by atoms with E-state index in [0.29, 0.717) is 5.69 Å². The highest BCUT2D eigenvalue weighted by atomic mass is 16.3. The molecule has 8 aromatic carbocycles. The second-order valence-electron chi connectivity index (χ2n) is 14.4. The van der Waals surface area contributed by atoms with E-state index in [0.717, 1.165) is 93.9 Å². The molecule has 0 aliphatic heterocycles. The predicted octanol–water partition coefficient (Wildman–Crippen LogP) is 7.69. The van der Waals surface area contributed by atoms with Gasteiger partial charge < -0.3 is 18.3 Å². The summed E-state index contributed by atoms with van der Waals surface area (Å²) >= 11 is 0. The van der Waals surface area contributed by atoms with Crippen LogP contribution in [0.15, 0.2) is 160 Å². The van der Waals surface area contributed by atoms with Crippen LogP contribution in [0.2, 0.25) is 0 Å². The van der Waals surface area contributed by atoms with Gasteiger partial charge >= 0.3 is 0 Å². The molecule has 3 heterocycles. The Morgan fingerprint density at radius 2 is 0.860 bits per heavy atom. The molecule has 0 saturated heterocycles. The van der Waals surface area contributed by atoms with Crippen LogP contribution in [-0.4, -0.2) is 43.8 Å². The molecule has 254 valence electrons. The standard InChI is InChI=1S/C48H25B5N2O2/c49-41-42(50)44(52)46(45(53)43(41)51)55-35-14-4-1-9-29(35)30-24-21-27(25-38(30)55)26-19-22-28(23-20-26)54(36-15-7-12-33-31-10-2-5-17-39(31)56-47(33)36)37-16-8-13-34-32-11-3-6-18-40(32)57-48(34)37/h1-25H. The number of hydrogen-bond acceptors (Lipinski definition) is 3. The normalized spacial score (nSPS) is 11.9. The first-order valence-electron chi connectivity index (χ1n) is 18.6. The smallest absolute Gasteiger partial charge is 0.159 e. The molecule has 11 aromatic rings. The van der Waals surface area contributed by atoms with Crippen molar-refractivity contribution >= 4 is 149 Å². The van der Waals surface area contributed by atoms with Crippen LogP contribution in [0.3, 0.4) is 0 Å². The van der Waals surface area contributed by atoms with Crippen molar-refractivity contribution in [1.29, 1.82) is 0 Å². The Balaban J connectivity index is 1.11. The molecule has 4 nitrogen and oxygen atoms in total. The third-order valence-corrected chi connectivity index (χ3v) is 11.3. The third kappa shape index (κ3) is 4.94. The van der Waals surface area contributed by atoms with Gasteiger partial charge in [-0.2, -0.15) is 0 Å². The van der Waals surface area contributed by atoms with Crippen LogP contribution in [-0.2, 0) is 0 Å². The minimum absolute atomic E-state index is 0.178. The highest BCUT2D eigenvalue weighted by molar-refractivity contribution is 6.68. The van der Waals surface area contributed by atoms with E-state index in [2.05, 4.69) is 102 Å². The van der Waals surface area contributed by atoms with Crippen molar-refractivity contribution in [2.24, 2.45) is 0 Å². The molecule has 0 aliphatic carbocycles. The van der Waals surface area contributed by atoms with Gasteiger partial charge in [0.05, 0.1) is 22.4 Å². The van der Waals surface area contributed by atoms with Crippen molar-refractivity contribution in [1.82, 2.24) is 4.57 Å². The number of anilines is 3. The minimum atomic E-state index is 0.178. The molecule has 10 radical (unpaired) electrons. The Labute approximate surface area is 334 Å². The van der Waals surface area contributed by atoms with E-state index in [4.69, 9.17) is 48.1 Å². The van der Waals surface area contributed by atoms with E-state index in [-0.39, 0.29) is 27.3 Å². The van der Waals surface area contributed by atoms with Gasteiger partial charge in [-0.1, -0.05) is 114 Å². The molecule has 0 fully saturated rings. The van der Waals surface area contributed by atoms with Crippen LogP contribution in [0.1, 0.15) is 0 Å². The number of hydrogen-bond donors (Lipinski definition) is 0. The quantitative estimate of drug-likeness (QED) is 0.172. The molecule has 0 saturated carbocycles. The fraction of sp³-hybridized carbons (Fsp3) is 0. The first kappa shape index (κ1) is 33.6. The van der Waals surface area contributed by atoms with E-state index in [9.17, 15) is 0 Å². The lowest BCUT2D eigenvalue weighted by Crippen LogP contribution is -2.56. The Morgan fingerprint density at radius 1 is 0.386 bits per heavy atom. The van der Waals surface area contributed by atoms with Gasteiger partial charge in [-0.15, -0.1) is 16.4 Å². The molecule has 0 spiro atoms. The molecule has 0 aliphatic rings. The maximum atomic E-state index is 6.65. The molecule has 57 heavy (non-hydrogen) atoms. The second kappa shape index (κ2) is 12.7. The molecule has 0 unspecified atom stereocenters. The summed E-state index contributed by atoms with van der Waals surface area (Å²) in [6, 6.07) is 51.9. The highest BCUT2D eigenvalue weighted by Crippen LogP contribution is 2.46. The van der Waals surface area contributed by atoms with Crippen LogP contribution in [0.4, 0.5) is 17.1 Å². The fourth-order valence-electron chi connectivity index (χ4n) is 8.50. The monoisotopic (exact) mass is 716 g/mol. The number of fused-ring (bicyclic) bond motifs is 9. The predicted molar refractivity (Wildman–Crippen MR) is 242 cm³/mol. The number of aromatic nitrogens is 1. The molecule has 9 heteroatoms. The van der Waals surface area contributed by atoms with Gasteiger partial charge in [0.1, 0.15) is 50.4 Å². The highest BCUT2D eigenvalue weighted by Gasteiger charge is 2.24. The summed E-state index contributed by atoms with van der Waals surface area (Å²) in [7, 11) is 32.2. The van der Waals surface area contributed by atoms with Crippen molar-refractivity contribution in [2.75, 3.05) is 4.90 Å².